The number of nitrogens with zero attached hydrogens (tertiary/aromatic N) is 2. The molecule has 3 rings (SSSR count). The van der Waals surface area contributed by atoms with Crippen molar-refractivity contribution in [1.82, 2.24) is 9.88 Å². The van der Waals surface area contributed by atoms with E-state index in [2.05, 4.69) is 24.0 Å². The number of aromatic nitrogens is 1. The van der Waals surface area contributed by atoms with Crippen LogP contribution in [0.1, 0.15) is 47.6 Å². The van der Waals surface area contributed by atoms with Crippen molar-refractivity contribution in [3.05, 3.63) is 61.2 Å². The van der Waals surface area contributed by atoms with E-state index in [1.165, 1.54) is 26.5 Å². The van der Waals surface area contributed by atoms with Crippen LogP contribution in [0.15, 0.2) is 29.6 Å². The third-order valence-electron chi connectivity index (χ3n) is 5.03. The molecule has 0 saturated carbocycles. The Bertz CT molecular complexity index is 1080. The first-order valence-corrected chi connectivity index (χ1v) is 11.8. The lowest BCUT2D eigenvalue weighted by Crippen LogP contribution is -2.32. The molecule has 0 unspecified atom stereocenters. The van der Waals surface area contributed by atoms with Crippen molar-refractivity contribution >= 4 is 34.6 Å². The Kier molecular flexibility index (Phi) is 7.87. The molecular weight excluding hydrogens is 448 g/mol. The van der Waals surface area contributed by atoms with Crippen LogP contribution in [-0.4, -0.2) is 47.6 Å². The Morgan fingerprint density at radius 1 is 1.12 bits per heavy atom. The average molecular weight is 475 g/mol. The summed E-state index contributed by atoms with van der Waals surface area (Å²) >= 11 is 2.99. The molecule has 0 saturated heterocycles. The zero-order chi connectivity index (χ0) is 23.3. The van der Waals surface area contributed by atoms with Crippen LogP contribution in [0.5, 0.6) is 11.5 Å². The topological polar surface area (TPSA) is 89.0 Å². The van der Waals surface area contributed by atoms with Crippen LogP contribution in [0.2, 0.25) is 0 Å². The van der Waals surface area contributed by atoms with Crippen LogP contribution < -0.4 is 9.47 Å². The van der Waals surface area contributed by atoms with E-state index in [-0.39, 0.29) is 18.1 Å². The highest BCUT2D eigenvalue weighted by Crippen LogP contribution is 2.30. The smallest absolute Gasteiger partial charge is 0.355 e. The molecule has 32 heavy (non-hydrogen) atoms. The molecule has 3 aromatic rings. The van der Waals surface area contributed by atoms with Gasteiger partial charge in [-0.2, -0.15) is 0 Å². The molecule has 1 amide bonds. The second-order valence-electron chi connectivity index (χ2n) is 7.28. The van der Waals surface area contributed by atoms with Gasteiger partial charge in [0.15, 0.2) is 5.69 Å². The summed E-state index contributed by atoms with van der Waals surface area (Å²) in [6.45, 7) is 4.69. The first-order chi connectivity index (χ1) is 15.3. The fraction of sp³-hybridized carbons (Fsp3) is 0.348. The monoisotopic (exact) mass is 474 g/mol. The van der Waals surface area contributed by atoms with E-state index in [0.717, 1.165) is 18.4 Å². The SMILES string of the molecule is COc1cc(C(=O)N(CCCc2ccc(C)s2)Cc2nc(C(=O)O)cs2)cc(OC)c1C. The van der Waals surface area contributed by atoms with Crippen molar-refractivity contribution in [3.8, 4) is 11.5 Å². The summed E-state index contributed by atoms with van der Waals surface area (Å²) < 4.78 is 10.8. The molecular formula is C23H26N2O5S2. The second kappa shape index (κ2) is 10.6. The van der Waals surface area contributed by atoms with Gasteiger partial charge < -0.3 is 19.5 Å². The number of carbonyl (C=O) groups is 2. The average Bonchev–Trinajstić information content (AvgIpc) is 3.41. The van der Waals surface area contributed by atoms with E-state index >= 15 is 0 Å². The van der Waals surface area contributed by atoms with Gasteiger partial charge in [0.1, 0.15) is 16.5 Å². The van der Waals surface area contributed by atoms with Crippen molar-refractivity contribution in [1.29, 1.82) is 0 Å². The fourth-order valence-corrected chi connectivity index (χ4v) is 5.07. The third-order valence-corrected chi connectivity index (χ3v) is 6.92. The summed E-state index contributed by atoms with van der Waals surface area (Å²) in [5.41, 5.74) is 1.26. The molecule has 2 aromatic heterocycles. The standard InChI is InChI=1S/C23H26N2O5S2/c1-14-7-8-17(32-14)6-5-9-25(12-21-24-18(13-31-21)23(27)28)22(26)16-10-19(29-3)15(2)20(11-16)30-4/h7-8,10-11,13H,5-6,9,12H2,1-4H3,(H,27,28). The normalized spacial score (nSPS) is 10.8. The number of hydrogen-bond acceptors (Lipinski definition) is 7. The van der Waals surface area contributed by atoms with Crippen molar-refractivity contribution < 1.29 is 24.2 Å². The van der Waals surface area contributed by atoms with Gasteiger partial charge in [0.2, 0.25) is 0 Å². The van der Waals surface area contributed by atoms with Gasteiger partial charge in [-0.3, -0.25) is 4.79 Å². The van der Waals surface area contributed by atoms with Gasteiger partial charge in [0.25, 0.3) is 5.91 Å². The molecule has 2 heterocycles. The molecule has 1 aromatic carbocycles. The maximum absolute atomic E-state index is 13.5. The van der Waals surface area contributed by atoms with Gasteiger partial charge in [0, 0.05) is 32.8 Å². The maximum atomic E-state index is 13.5. The Morgan fingerprint density at radius 3 is 2.34 bits per heavy atom. The Morgan fingerprint density at radius 2 is 1.81 bits per heavy atom. The number of thiophene rings is 1. The second-order valence-corrected chi connectivity index (χ2v) is 9.60. The molecule has 0 aliphatic carbocycles. The number of benzene rings is 1. The fourth-order valence-electron chi connectivity index (χ4n) is 3.35. The highest BCUT2D eigenvalue weighted by atomic mass is 32.1. The molecule has 7 nitrogen and oxygen atoms in total. The molecule has 170 valence electrons. The minimum Gasteiger partial charge on any atom is -0.496 e. The largest absolute Gasteiger partial charge is 0.496 e. The zero-order valence-electron chi connectivity index (χ0n) is 18.5. The van der Waals surface area contributed by atoms with Crippen molar-refractivity contribution in [2.45, 2.75) is 33.2 Å². The summed E-state index contributed by atoms with van der Waals surface area (Å²) in [4.78, 5) is 33.0. The molecule has 0 aliphatic rings. The number of methoxy groups -OCH3 is 2. The van der Waals surface area contributed by atoms with Gasteiger partial charge in [-0.05, 0) is 51.0 Å². The minimum absolute atomic E-state index is 0.00914. The molecule has 0 aliphatic heterocycles. The van der Waals surface area contributed by atoms with E-state index in [1.807, 2.05) is 6.92 Å². The summed E-state index contributed by atoms with van der Waals surface area (Å²) in [6, 6.07) is 7.62. The van der Waals surface area contributed by atoms with Gasteiger partial charge >= 0.3 is 5.97 Å². The predicted molar refractivity (Wildman–Crippen MR) is 125 cm³/mol. The van der Waals surface area contributed by atoms with Crippen LogP contribution in [0, 0.1) is 13.8 Å². The van der Waals surface area contributed by atoms with Crippen LogP contribution in [0.3, 0.4) is 0 Å². The Balaban J connectivity index is 1.84. The number of carboxylic acids is 1. The number of ether oxygens (including phenoxy) is 2. The predicted octanol–water partition coefficient (Wildman–Crippen LogP) is 4.81. The number of amides is 1. The van der Waals surface area contributed by atoms with Gasteiger partial charge in [-0.25, -0.2) is 9.78 Å². The van der Waals surface area contributed by atoms with E-state index in [0.29, 0.717) is 28.6 Å². The van der Waals surface area contributed by atoms with Gasteiger partial charge in [-0.15, -0.1) is 22.7 Å². The number of carboxylic acid groups (broad SMARTS) is 1. The molecule has 0 radical (unpaired) electrons. The first kappa shape index (κ1) is 23.7. The number of thiazole rings is 1. The third kappa shape index (κ3) is 5.66. The number of aromatic carboxylic acids is 1. The highest BCUT2D eigenvalue weighted by molar-refractivity contribution is 7.11. The molecule has 0 fully saturated rings. The van der Waals surface area contributed by atoms with Crippen LogP contribution >= 0.6 is 22.7 Å². The van der Waals surface area contributed by atoms with Gasteiger partial charge in [-0.1, -0.05) is 0 Å². The minimum atomic E-state index is -1.08. The zero-order valence-corrected chi connectivity index (χ0v) is 20.1. The molecule has 1 N–H and O–H groups in total. The number of aryl methyl sites for hydroxylation is 2. The summed E-state index contributed by atoms with van der Waals surface area (Å²) in [5, 5.41) is 11.2. The number of rotatable bonds is 10. The lowest BCUT2D eigenvalue weighted by Gasteiger charge is -2.23. The van der Waals surface area contributed by atoms with E-state index in [9.17, 15) is 9.59 Å². The van der Waals surface area contributed by atoms with Crippen LogP contribution in [-0.2, 0) is 13.0 Å². The summed E-state index contributed by atoms with van der Waals surface area (Å²) in [6.07, 6.45) is 1.64. The maximum Gasteiger partial charge on any atom is 0.355 e. The van der Waals surface area contributed by atoms with Crippen molar-refractivity contribution in [3.63, 3.8) is 0 Å². The number of hydrogen-bond donors (Lipinski definition) is 1. The van der Waals surface area contributed by atoms with Crippen LogP contribution in [0.25, 0.3) is 0 Å². The lowest BCUT2D eigenvalue weighted by atomic mass is 10.1. The highest BCUT2D eigenvalue weighted by Gasteiger charge is 2.21. The number of carbonyl (C=O) groups excluding carboxylic acids is 1. The van der Waals surface area contributed by atoms with Crippen LogP contribution in [0.4, 0.5) is 0 Å². The van der Waals surface area contributed by atoms with Crippen molar-refractivity contribution in [2.24, 2.45) is 0 Å². The van der Waals surface area contributed by atoms with Gasteiger partial charge in [0.05, 0.1) is 20.8 Å². The quantitative estimate of drug-likeness (QED) is 0.454. The summed E-state index contributed by atoms with van der Waals surface area (Å²) in [5.74, 6) is -0.115. The van der Waals surface area contributed by atoms with Crippen molar-refractivity contribution in [2.75, 3.05) is 20.8 Å². The molecule has 0 bridgehead atoms. The Hall–Kier alpha value is -2.91. The molecule has 0 atom stereocenters. The Labute approximate surface area is 195 Å². The van der Waals surface area contributed by atoms with E-state index in [1.54, 1.807) is 42.6 Å². The van der Waals surface area contributed by atoms with E-state index < -0.39 is 5.97 Å². The molecule has 0 spiro atoms. The molecule has 9 heteroatoms. The first-order valence-electron chi connectivity index (χ1n) is 10.1. The lowest BCUT2D eigenvalue weighted by molar-refractivity contribution is 0.0691. The summed E-state index contributed by atoms with van der Waals surface area (Å²) in [7, 11) is 3.11. The van der Waals surface area contributed by atoms with E-state index in [4.69, 9.17) is 14.6 Å².